The summed E-state index contributed by atoms with van der Waals surface area (Å²) < 4.78 is 26.3. The van der Waals surface area contributed by atoms with Gasteiger partial charge in [-0.15, -0.1) is 0 Å². The topological polar surface area (TPSA) is 39.5 Å². The van der Waals surface area contributed by atoms with Crippen molar-refractivity contribution < 1.29 is 13.9 Å². The van der Waals surface area contributed by atoms with Crippen LogP contribution in [0.5, 0.6) is 0 Å². The third-order valence-electron chi connectivity index (χ3n) is 4.85. The number of nitrogens with zero attached hydrogens (tertiary/aromatic N) is 3. The molecule has 1 saturated heterocycles. The molecule has 1 aliphatic heterocycles. The lowest BCUT2D eigenvalue weighted by molar-refractivity contribution is -0.0962. The SMILES string of the molecule is CN(Cc1cn(-c2ccc(F)cc2)nc1-c1ccccc1Cl)CC1COCCO1. The van der Waals surface area contributed by atoms with Gasteiger partial charge in [0.2, 0.25) is 0 Å². The van der Waals surface area contributed by atoms with Crippen LogP contribution in [0.1, 0.15) is 5.56 Å². The Hall–Kier alpha value is -2.25. The lowest BCUT2D eigenvalue weighted by atomic mass is 10.1. The number of likely N-dealkylation sites (N-methyl/N-ethyl adjacent to an activating group) is 1. The molecule has 2 aromatic carbocycles. The standard InChI is InChI=1S/C22H23ClFN3O2/c1-26(14-19-15-28-10-11-29-19)12-16-13-27(18-8-6-17(24)7-9-18)25-22(16)20-4-2-3-5-21(20)23/h2-9,13,19H,10-12,14-15H2,1H3. The van der Waals surface area contributed by atoms with Gasteiger partial charge < -0.3 is 9.47 Å². The maximum atomic E-state index is 13.3. The van der Waals surface area contributed by atoms with Crippen molar-refractivity contribution in [2.24, 2.45) is 0 Å². The van der Waals surface area contributed by atoms with Crippen LogP contribution in [0.2, 0.25) is 5.02 Å². The molecule has 1 fully saturated rings. The lowest BCUT2D eigenvalue weighted by Gasteiger charge is -2.27. The maximum absolute atomic E-state index is 13.3. The van der Waals surface area contributed by atoms with E-state index in [0.717, 1.165) is 29.1 Å². The van der Waals surface area contributed by atoms with Crippen molar-refractivity contribution in [1.82, 2.24) is 14.7 Å². The Morgan fingerprint density at radius 3 is 2.69 bits per heavy atom. The van der Waals surface area contributed by atoms with E-state index in [-0.39, 0.29) is 11.9 Å². The van der Waals surface area contributed by atoms with Gasteiger partial charge in [0.1, 0.15) is 5.82 Å². The Balaban J connectivity index is 1.63. The molecular weight excluding hydrogens is 393 g/mol. The Morgan fingerprint density at radius 2 is 1.97 bits per heavy atom. The number of benzene rings is 2. The van der Waals surface area contributed by atoms with Crippen LogP contribution in [0, 0.1) is 5.82 Å². The molecule has 5 nitrogen and oxygen atoms in total. The number of hydrogen-bond acceptors (Lipinski definition) is 4. The normalized spacial score (nSPS) is 17.0. The summed E-state index contributed by atoms with van der Waals surface area (Å²) in [4.78, 5) is 2.19. The molecule has 0 spiro atoms. The van der Waals surface area contributed by atoms with Crippen molar-refractivity contribution in [3.05, 3.63) is 71.1 Å². The average Bonchev–Trinajstić information content (AvgIpc) is 3.13. The highest BCUT2D eigenvalue weighted by Crippen LogP contribution is 2.30. The highest BCUT2D eigenvalue weighted by atomic mass is 35.5. The monoisotopic (exact) mass is 415 g/mol. The molecule has 4 rings (SSSR count). The first kappa shape index (κ1) is 20.0. The summed E-state index contributed by atoms with van der Waals surface area (Å²) in [6.45, 7) is 3.31. The van der Waals surface area contributed by atoms with E-state index in [4.69, 9.17) is 26.2 Å². The fraction of sp³-hybridized carbons (Fsp3) is 0.318. The molecule has 2 heterocycles. The smallest absolute Gasteiger partial charge is 0.123 e. The summed E-state index contributed by atoms with van der Waals surface area (Å²) in [6.07, 6.45) is 2.03. The Bertz CT molecular complexity index is 955. The van der Waals surface area contributed by atoms with Gasteiger partial charge in [-0.2, -0.15) is 5.10 Å². The third-order valence-corrected chi connectivity index (χ3v) is 5.18. The van der Waals surface area contributed by atoms with E-state index in [1.165, 1.54) is 12.1 Å². The van der Waals surface area contributed by atoms with Crippen LogP contribution in [0.15, 0.2) is 54.7 Å². The minimum atomic E-state index is -0.276. The Labute approximate surface area is 174 Å². The Morgan fingerprint density at radius 1 is 1.17 bits per heavy atom. The minimum absolute atomic E-state index is 0.0599. The summed E-state index contributed by atoms with van der Waals surface area (Å²) in [6, 6.07) is 13.9. The molecule has 1 atom stereocenters. The van der Waals surface area contributed by atoms with Gasteiger partial charge in [0, 0.05) is 30.4 Å². The quantitative estimate of drug-likeness (QED) is 0.605. The van der Waals surface area contributed by atoms with Crippen LogP contribution in [0.4, 0.5) is 4.39 Å². The lowest BCUT2D eigenvalue weighted by Crippen LogP contribution is -2.38. The van der Waals surface area contributed by atoms with Gasteiger partial charge in [-0.05, 0) is 37.4 Å². The molecule has 29 heavy (non-hydrogen) atoms. The van der Waals surface area contributed by atoms with Gasteiger partial charge in [-0.25, -0.2) is 9.07 Å². The highest BCUT2D eigenvalue weighted by Gasteiger charge is 2.20. The third kappa shape index (κ3) is 4.85. The zero-order valence-corrected chi connectivity index (χ0v) is 17.0. The average molecular weight is 416 g/mol. The predicted octanol–water partition coefficient (Wildman–Crippen LogP) is 4.18. The van der Waals surface area contributed by atoms with Gasteiger partial charge in [-0.1, -0.05) is 29.8 Å². The molecule has 3 aromatic rings. The zero-order valence-electron chi connectivity index (χ0n) is 16.2. The number of rotatable bonds is 6. The van der Waals surface area contributed by atoms with Gasteiger partial charge in [-0.3, -0.25) is 4.90 Å². The molecule has 0 bridgehead atoms. The van der Waals surface area contributed by atoms with E-state index in [9.17, 15) is 4.39 Å². The summed E-state index contributed by atoms with van der Waals surface area (Å²) in [5.41, 5.74) is 3.50. The molecule has 0 radical (unpaired) electrons. The fourth-order valence-electron chi connectivity index (χ4n) is 3.48. The minimum Gasteiger partial charge on any atom is -0.376 e. The first-order valence-electron chi connectivity index (χ1n) is 9.57. The fourth-order valence-corrected chi connectivity index (χ4v) is 3.70. The Kier molecular flexibility index (Phi) is 6.25. The van der Waals surface area contributed by atoms with E-state index >= 15 is 0 Å². The van der Waals surface area contributed by atoms with Crippen LogP contribution in [0.3, 0.4) is 0 Å². The van der Waals surface area contributed by atoms with E-state index in [0.29, 0.717) is 31.4 Å². The van der Waals surface area contributed by atoms with Crippen molar-refractivity contribution in [2.75, 3.05) is 33.4 Å². The number of aromatic nitrogens is 2. The van der Waals surface area contributed by atoms with Crippen molar-refractivity contribution in [3.63, 3.8) is 0 Å². The second kappa shape index (κ2) is 9.05. The molecule has 7 heteroatoms. The van der Waals surface area contributed by atoms with E-state index in [1.54, 1.807) is 16.8 Å². The summed E-state index contributed by atoms with van der Waals surface area (Å²) in [7, 11) is 2.05. The summed E-state index contributed by atoms with van der Waals surface area (Å²) in [5, 5.41) is 5.41. The highest BCUT2D eigenvalue weighted by molar-refractivity contribution is 6.33. The second-order valence-corrected chi connectivity index (χ2v) is 7.58. The van der Waals surface area contributed by atoms with Crippen LogP contribution in [0.25, 0.3) is 16.9 Å². The molecule has 0 N–H and O–H groups in total. The molecule has 1 aliphatic rings. The molecule has 0 saturated carbocycles. The van der Waals surface area contributed by atoms with Crippen molar-refractivity contribution in [1.29, 1.82) is 0 Å². The molecule has 0 amide bonds. The van der Waals surface area contributed by atoms with E-state index in [1.807, 2.05) is 37.5 Å². The van der Waals surface area contributed by atoms with Crippen molar-refractivity contribution in [3.8, 4) is 16.9 Å². The van der Waals surface area contributed by atoms with Gasteiger partial charge in [0.05, 0.1) is 42.3 Å². The van der Waals surface area contributed by atoms with Gasteiger partial charge in [0.15, 0.2) is 0 Å². The first-order valence-corrected chi connectivity index (χ1v) is 9.95. The number of hydrogen-bond donors (Lipinski definition) is 0. The molecule has 152 valence electrons. The largest absolute Gasteiger partial charge is 0.376 e. The first-order chi connectivity index (χ1) is 14.1. The number of halogens is 2. The van der Waals surface area contributed by atoms with Crippen LogP contribution in [-0.2, 0) is 16.0 Å². The molecule has 1 aromatic heterocycles. The van der Waals surface area contributed by atoms with E-state index < -0.39 is 0 Å². The zero-order chi connectivity index (χ0) is 20.2. The molecular formula is C22H23ClFN3O2. The second-order valence-electron chi connectivity index (χ2n) is 7.17. The van der Waals surface area contributed by atoms with Gasteiger partial charge in [0.25, 0.3) is 0 Å². The maximum Gasteiger partial charge on any atom is 0.123 e. The van der Waals surface area contributed by atoms with Crippen LogP contribution < -0.4 is 0 Å². The summed E-state index contributed by atoms with van der Waals surface area (Å²) >= 11 is 6.45. The summed E-state index contributed by atoms with van der Waals surface area (Å²) in [5.74, 6) is -0.276. The van der Waals surface area contributed by atoms with Crippen molar-refractivity contribution in [2.45, 2.75) is 12.6 Å². The van der Waals surface area contributed by atoms with Crippen molar-refractivity contribution >= 4 is 11.6 Å². The van der Waals surface area contributed by atoms with E-state index in [2.05, 4.69) is 4.90 Å². The predicted molar refractivity (Wildman–Crippen MR) is 111 cm³/mol. The molecule has 0 aliphatic carbocycles. The van der Waals surface area contributed by atoms with Crippen LogP contribution >= 0.6 is 11.6 Å². The van der Waals surface area contributed by atoms with Crippen LogP contribution in [-0.4, -0.2) is 54.2 Å². The number of ether oxygens (including phenoxy) is 2. The molecule has 1 unspecified atom stereocenters. The van der Waals surface area contributed by atoms with Gasteiger partial charge >= 0.3 is 0 Å².